The second-order valence-corrected chi connectivity index (χ2v) is 10.6. The van der Waals surface area contributed by atoms with Crippen molar-refractivity contribution in [2.45, 2.75) is 38.6 Å². The summed E-state index contributed by atoms with van der Waals surface area (Å²) < 4.78 is 8.17. The van der Waals surface area contributed by atoms with E-state index in [0.717, 1.165) is 54.8 Å². The number of fused-ring (bicyclic) bond motifs is 1. The number of aromatic nitrogens is 6. The minimum absolute atomic E-state index is 0.190. The standard InChI is InChI=1S/C27H31BrN10O4/c28-19-15-29-26(30-16-19)35-27(40)32-20-8-6-18(7-9-20)23-33-24(37-11-13-42-14-12-37)21-17-31-38(25(21)34-23)10-4-2-1-3-5-22(39)36-41/h6-9,15-17,41H,1-5,10-14H2,(H,36,39)(H2,29,30,32,35,40). The molecule has 4 heterocycles. The Bertz CT molecular complexity index is 1510. The first-order valence-corrected chi connectivity index (χ1v) is 14.4. The maximum atomic E-state index is 12.4. The van der Waals surface area contributed by atoms with E-state index in [9.17, 15) is 9.59 Å². The van der Waals surface area contributed by atoms with Crippen molar-refractivity contribution in [3.8, 4) is 11.4 Å². The van der Waals surface area contributed by atoms with Gasteiger partial charge in [-0.25, -0.2) is 34.9 Å². The molecule has 0 saturated carbocycles. The van der Waals surface area contributed by atoms with Gasteiger partial charge in [0, 0.05) is 49.7 Å². The third kappa shape index (κ3) is 7.54. The van der Waals surface area contributed by atoms with Crippen LogP contribution in [0.5, 0.6) is 0 Å². The van der Waals surface area contributed by atoms with Crippen LogP contribution in [0.3, 0.4) is 0 Å². The number of benzene rings is 1. The predicted octanol–water partition coefficient (Wildman–Crippen LogP) is 3.98. The molecular weight excluding hydrogens is 608 g/mol. The van der Waals surface area contributed by atoms with E-state index >= 15 is 0 Å². The third-order valence-electron chi connectivity index (χ3n) is 6.68. The van der Waals surface area contributed by atoms with E-state index in [0.29, 0.717) is 48.6 Å². The van der Waals surface area contributed by atoms with Crippen molar-refractivity contribution in [1.82, 2.24) is 35.2 Å². The summed E-state index contributed by atoms with van der Waals surface area (Å²) in [6.45, 7) is 3.36. The summed E-state index contributed by atoms with van der Waals surface area (Å²) in [5.41, 5.74) is 3.79. The van der Waals surface area contributed by atoms with Crippen LogP contribution in [0.4, 0.5) is 22.2 Å². The molecule has 0 radical (unpaired) electrons. The molecule has 3 aromatic heterocycles. The molecule has 0 aliphatic carbocycles. The number of anilines is 3. The molecule has 1 aliphatic heterocycles. The Kier molecular flexibility index (Phi) is 9.84. The number of carbonyl (C=O) groups is 2. The van der Waals surface area contributed by atoms with Crippen LogP contribution in [0.1, 0.15) is 32.1 Å². The summed E-state index contributed by atoms with van der Waals surface area (Å²) in [5.74, 6) is 1.20. The van der Waals surface area contributed by atoms with Gasteiger partial charge in [-0.3, -0.25) is 15.3 Å². The number of rotatable bonds is 11. The predicted molar refractivity (Wildman–Crippen MR) is 159 cm³/mol. The highest BCUT2D eigenvalue weighted by atomic mass is 79.9. The molecular formula is C27H31BrN10O4. The molecule has 0 unspecified atom stereocenters. The van der Waals surface area contributed by atoms with Crippen LogP contribution in [0, 0.1) is 0 Å². The quantitative estimate of drug-likeness (QED) is 0.107. The van der Waals surface area contributed by atoms with E-state index in [4.69, 9.17) is 19.9 Å². The molecule has 4 N–H and O–H groups in total. The van der Waals surface area contributed by atoms with E-state index in [1.165, 1.54) is 0 Å². The Balaban J connectivity index is 1.31. The molecule has 1 aromatic carbocycles. The van der Waals surface area contributed by atoms with Crippen molar-refractivity contribution in [3.63, 3.8) is 0 Å². The number of urea groups is 1. The number of nitrogens with one attached hydrogen (secondary N) is 3. The number of unbranched alkanes of at least 4 members (excludes halogenated alkanes) is 3. The lowest BCUT2D eigenvalue weighted by Crippen LogP contribution is -2.37. The molecule has 220 valence electrons. The van der Waals surface area contributed by atoms with Gasteiger partial charge >= 0.3 is 6.03 Å². The Morgan fingerprint density at radius 3 is 2.43 bits per heavy atom. The van der Waals surface area contributed by atoms with Gasteiger partial charge in [-0.15, -0.1) is 0 Å². The molecule has 4 aromatic rings. The molecule has 1 saturated heterocycles. The van der Waals surface area contributed by atoms with E-state index in [1.807, 2.05) is 23.0 Å². The summed E-state index contributed by atoms with van der Waals surface area (Å²) >= 11 is 3.26. The molecule has 42 heavy (non-hydrogen) atoms. The molecule has 5 rings (SSSR count). The first-order valence-electron chi connectivity index (χ1n) is 13.7. The highest BCUT2D eigenvalue weighted by molar-refractivity contribution is 9.10. The summed E-state index contributed by atoms with van der Waals surface area (Å²) in [7, 11) is 0. The number of hydroxylamine groups is 1. The van der Waals surface area contributed by atoms with Crippen molar-refractivity contribution in [3.05, 3.63) is 47.3 Å². The van der Waals surface area contributed by atoms with Crippen LogP contribution in [0.15, 0.2) is 47.3 Å². The fraction of sp³-hybridized carbons (Fsp3) is 0.370. The Labute approximate surface area is 250 Å². The molecule has 15 heteroatoms. The Morgan fingerprint density at radius 2 is 1.69 bits per heavy atom. The van der Waals surface area contributed by atoms with Crippen LogP contribution in [0.25, 0.3) is 22.4 Å². The number of morpholine rings is 1. The van der Waals surface area contributed by atoms with Gasteiger partial charge in [-0.05, 0) is 53.0 Å². The van der Waals surface area contributed by atoms with Gasteiger partial charge < -0.3 is 15.0 Å². The number of halogens is 1. The van der Waals surface area contributed by atoms with Gasteiger partial charge in [0.2, 0.25) is 11.9 Å². The van der Waals surface area contributed by atoms with E-state index in [2.05, 4.69) is 46.5 Å². The van der Waals surface area contributed by atoms with Gasteiger partial charge in [0.05, 0.1) is 29.3 Å². The lowest BCUT2D eigenvalue weighted by atomic mass is 10.1. The van der Waals surface area contributed by atoms with Crippen molar-refractivity contribution in [1.29, 1.82) is 0 Å². The lowest BCUT2D eigenvalue weighted by Gasteiger charge is -2.28. The molecule has 0 atom stereocenters. The number of carbonyl (C=O) groups excluding carboxylic acids is 2. The summed E-state index contributed by atoms with van der Waals surface area (Å²) in [6, 6.07) is 6.83. The van der Waals surface area contributed by atoms with Gasteiger partial charge in [-0.2, -0.15) is 5.10 Å². The first kappa shape index (κ1) is 29.3. The zero-order valence-electron chi connectivity index (χ0n) is 22.8. The number of aryl methyl sites for hydroxylation is 1. The maximum absolute atomic E-state index is 12.4. The highest BCUT2D eigenvalue weighted by Gasteiger charge is 2.21. The fourth-order valence-corrected chi connectivity index (χ4v) is 4.75. The third-order valence-corrected chi connectivity index (χ3v) is 7.09. The highest BCUT2D eigenvalue weighted by Crippen LogP contribution is 2.29. The minimum Gasteiger partial charge on any atom is -0.378 e. The minimum atomic E-state index is -0.460. The molecule has 1 fully saturated rings. The molecule has 14 nitrogen and oxygen atoms in total. The Hall–Kier alpha value is -4.21. The maximum Gasteiger partial charge on any atom is 0.326 e. The summed E-state index contributed by atoms with van der Waals surface area (Å²) in [5, 5.41) is 19.5. The molecule has 0 spiro atoms. The number of hydrogen-bond acceptors (Lipinski definition) is 10. The van der Waals surface area contributed by atoms with Crippen molar-refractivity contribution < 1.29 is 19.5 Å². The first-order chi connectivity index (χ1) is 20.5. The monoisotopic (exact) mass is 638 g/mol. The van der Waals surface area contributed by atoms with E-state index < -0.39 is 6.03 Å². The second-order valence-electron chi connectivity index (χ2n) is 9.66. The van der Waals surface area contributed by atoms with Crippen LogP contribution < -0.4 is 21.0 Å². The van der Waals surface area contributed by atoms with Gasteiger partial charge in [-0.1, -0.05) is 12.8 Å². The lowest BCUT2D eigenvalue weighted by molar-refractivity contribution is -0.129. The SMILES string of the molecule is O=C(CCCCCCn1ncc2c(N3CCOCC3)nc(-c3ccc(NC(=O)Nc4ncc(Br)cn4)cc3)nc21)NO. The topological polar surface area (TPSA) is 172 Å². The van der Waals surface area contributed by atoms with Crippen LogP contribution in [-0.2, 0) is 16.1 Å². The molecule has 1 aliphatic rings. The van der Waals surface area contributed by atoms with Crippen LogP contribution in [0.2, 0.25) is 0 Å². The fourth-order valence-electron chi connectivity index (χ4n) is 4.55. The number of hydrogen-bond donors (Lipinski definition) is 4. The largest absolute Gasteiger partial charge is 0.378 e. The van der Waals surface area contributed by atoms with Crippen molar-refractivity contribution in [2.75, 3.05) is 41.8 Å². The summed E-state index contributed by atoms with van der Waals surface area (Å²) in [4.78, 5) is 43.7. The zero-order chi connectivity index (χ0) is 29.3. The smallest absolute Gasteiger partial charge is 0.326 e. The van der Waals surface area contributed by atoms with E-state index in [1.54, 1.807) is 30.0 Å². The zero-order valence-corrected chi connectivity index (χ0v) is 24.4. The summed E-state index contributed by atoms with van der Waals surface area (Å²) in [6.07, 6.45) is 8.60. The second kappa shape index (κ2) is 14.1. The van der Waals surface area contributed by atoms with Crippen molar-refractivity contribution in [2.24, 2.45) is 0 Å². The Morgan fingerprint density at radius 1 is 0.952 bits per heavy atom. The van der Waals surface area contributed by atoms with Gasteiger partial charge in [0.1, 0.15) is 5.82 Å². The molecule has 0 bridgehead atoms. The average Bonchev–Trinajstić information content (AvgIpc) is 3.43. The van der Waals surface area contributed by atoms with E-state index in [-0.39, 0.29) is 11.9 Å². The number of amides is 3. The van der Waals surface area contributed by atoms with Crippen LogP contribution in [-0.4, -0.2) is 73.2 Å². The van der Waals surface area contributed by atoms with Crippen molar-refractivity contribution >= 4 is 56.4 Å². The normalized spacial score (nSPS) is 13.2. The number of ether oxygens (including phenoxy) is 1. The van der Waals surface area contributed by atoms with Crippen LogP contribution >= 0.6 is 15.9 Å². The van der Waals surface area contributed by atoms with Gasteiger partial charge in [0.15, 0.2) is 11.5 Å². The van der Waals surface area contributed by atoms with Gasteiger partial charge in [0.25, 0.3) is 0 Å². The molecule has 3 amide bonds. The average molecular weight is 640 g/mol. The number of nitrogens with zero attached hydrogens (tertiary/aromatic N) is 7.